The lowest BCUT2D eigenvalue weighted by molar-refractivity contribution is 0.0123. The first kappa shape index (κ1) is 19.2. The molecule has 0 radical (unpaired) electrons. The molecule has 2 fully saturated rings. The fourth-order valence-electron chi connectivity index (χ4n) is 3.98. The van der Waals surface area contributed by atoms with Crippen molar-refractivity contribution in [1.29, 1.82) is 0 Å². The third-order valence-electron chi connectivity index (χ3n) is 5.41. The van der Waals surface area contributed by atoms with Crippen LogP contribution in [0.25, 0.3) is 10.2 Å². The lowest BCUT2D eigenvalue weighted by Crippen LogP contribution is -2.16. The number of anilines is 2. The monoisotopic (exact) mass is 430 g/mol. The minimum Gasteiger partial charge on any atom is -0.488 e. The standard InChI is InChI=1S/C20H19FN4O4S/c1-9-16-19(23-7-24-20(16)30-17(9)18(22)26)25-12-3-2-10(21)4-13(12)29-11-5-14-15(6-11)28-8-27-14/h2-4,7,11,14-15H,5-6,8H2,1H3,(H2,22,26)(H,23,24,25)/t11?,14-,15+. The fraction of sp³-hybridized carbons (Fsp3) is 0.350. The van der Waals surface area contributed by atoms with Crippen molar-refractivity contribution in [2.24, 2.45) is 5.73 Å². The van der Waals surface area contributed by atoms with Crippen LogP contribution in [0.4, 0.5) is 15.9 Å². The molecule has 2 aromatic heterocycles. The highest BCUT2D eigenvalue weighted by atomic mass is 32.1. The number of amides is 1. The van der Waals surface area contributed by atoms with Crippen molar-refractivity contribution in [2.45, 2.75) is 38.1 Å². The topological polar surface area (TPSA) is 109 Å². The van der Waals surface area contributed by atoms with Gasteiger partial charge in [-0.3, -0.25) is 4.79 Å². The Bertz CT molecular complexity index is 1130. The van der Waals surface area contributed by atoms with E-state index in [0.29, 0.717) is 57.5 Å². The molecule has 1 saturated heterocycles. The molecule has 3 N–H and O–H groups in total. The van der Waals surface area contributed by atoms with Crippen LogP contribution in [0, 0.1) is 12.7 Å². The van der Waals surface area contributed by atoms with Gasteiger partial charge in [0.25, 0.3) is 5.91 Å². The zero-order chi connectivity index (χ0) is 20.8. The van der Waals surface area contributed by atoms with Gasteiger partial charge in [0, 0.05) is 18.9 Å². The number of ether oxygens (including phenoxy) is 3. The van der Waals surface area contributed by atoms with Crippen LogP contribution in [-0.2, 0) is 9.47 Å². The van der Waals surface area contributed by atoms with Gasteiger partial charge in [-0.05, 0) is 24.6 Å². The molecule has 5 rings (SSSR count). The summed E-state index contributed by atoms with van der Waals surface area (Å²) in [5, 5.41) is 3.91. The number of halogens is 1. The molecular weight excluding hydrogens is 411 g/mol. The van der Waals surface area contributed by atoms with Gasteiger partial charge in [-0.15, -0.1) is 11.3 Å². The number of benzene rings is 1. The predicted octanol–water partition coefficient (Wildman–Crippen LogP) is 3.26. The van der Waals surface area contributed by atoms with E-state index in [1.165, 1.54) is 29.8 Å². The van der Waals surface area contributed by atoms with E-state index in [1.807, 2.05) is 0 Å². The molecule has 156 valence electrons. The highest BCUT2D eigenvalue weighted by Gasteiger charge is 2.41. The second-order valence-corrected chi connectivity index (χ2v) is 8.33. The Morgan fingerprint density at radius 3 is 2.80 bits per heavy atom. The van der Waals surface area contributed by atoms with Gasteiger partial charge < -0.3 is 25.3 Å². The van der Waals surface area contributed by atoms with Crippen LogP contribution in [0.3, 0.4) is 0 Å². The largest absolute Gasteiger partial charge is 0.488 e. The van der Waals surface area contributed by atoms with Gasteiger partial charge in [0.15, 0.2) is 0 Å². The van der Waals surface area contributed by atoms with Crippen molar-refractivity contribution in [1.82, 2.24) is 9.97 Å². The summed E-state index contributed by atoms with van der Waals surface area (Å²) in [4.78, 5) is 21.3. The summed E-state index contributed by atoms with van der Waals surface area (Å²) in [6.07, 6.45) is 2.66. The number of primary amides is 1. The molecule has 1 aliphatic heterocycles. The van der Waals surface area contributed by atoms with Crippen molar-refractivity contribution >= 4 is 39.0 Å². The Kier molecular flexibility index (Phi) is 4.76. The van der Waals surface area contributed by atoms with E-state index in [9.17, 15) is 9.18 Å². The lowest BCUT2D eigenvalue weighted by atomic mass is 10.2. The number of aryl methyl sites for hydroxylation is 1. The van der Waals surface area contributed by atoms with Crippen LogP contribution in [0.5, 0.6) is 5.75 Å². The highest BCUT2D eigenvalue weighted by molar-refractivity contribution is 7.20. The molecule has 8 nitrogen and oxygen atoms in total. The molecule has 3 aromatic rings. The smallest absolute Gasteiger partial charge is 0.259 e. The van der Waals surface area contributed by atoms with Gasteiger partial charge >= 0.3 is 0 Å². The molecule has 3 atom stereocenters. The third-order valence-corrected chi connectivity index (χ3v) is 6.62. The molecule has 0 spiro atoms. The molecule has 1 aliphatic carbocycles. The maximum atomic E-state index is 14.0. The summed E-state index contributed by atoms with van der Waals surface area (Å²) >= 11 is 1.21. The van der Waals surface area contributed by atoms with Gasteiger partial charge in [0.2, 0.25) is 0 Å². The predicted molar refractivity (Wildman–Crippen MR) is 109 cm³/mol. The number of aromatic nitrogens is 2. The number of nitrogens with one attached hydrogen (secondary N) is 1. The molecule has 1 aromatic carbocycles. The van der Waals surface area contributed by atoms with E-state index in [2.05, 4.69) is 15.3 Å². The number of hydrogen-bond donors (Lipinski definition) is 2. The second-order valence-electron chi connectivity index (χ2n) is 7.33. The van der Waals surface area contributed by atoms with Gasteiger partial charge in [-0.1, -0.05) is 0 Å². The maximum absolute atomic E-state index is 14.0. The number of nitrogens with zero attached hydrogens (tertiary/aromatic N) is 2. The van der Waals surface area contributed by atoms with Crippen molar-refractivity contribution in [3.05, 3.63) is 40.8 Å². The third kappa shape index (κ3) is 3.36. The number of nitrogens with two attached hydrogens (primary N) is 1. The summed E-state index contributed by atoms with van der Waals surface area (Å²) in [7, 11) is 0. The molecule has 1 amide bonds. The lowest BCUT2D eigenvalue weighted by Gasteiger charge is -2.18. The minimum atomic E-state index is -0.511. The Morgan fingerprint density at radius 2 is 2.07 bits per heavy atom. The molecule has 30 heavy (non-hydrogen) atoms. The normalized spacial score (nSPS) is 22.9. The van der Waals surface area contributed by atoms with Crippen molar-refractivity contribution in [3.63, 3.8) is 0 Å². The second kappa shape index (κ2) is 7.46. The Balaban J connectivity index is 1.46. The van der Waals surface area contributed by atoms with Crippen LogP contribution in [0.2, 0.25) is 0 Å². The number of fused-ring (bicyclic) bond motifs is 2. The van der Waals surface area contributed by atoms with Crippen LogP contribution in [0.15, 0.2) is 24.5 Å². The zero-order valence-electron chi connectivity index (χ0n) is 16.1. The number of carbonyl (C=O) groups is 1. The number of rotatable bonds is 5. The van der Waals surface area contributed by atoms with E-state index in [-0.39, 0.29) is 18.3 Å². The van der Waals surface area contributed by atoms with Crippen LogP contribution in [-0.4, -0.2) is 41.0 Å². The quantitative estimate of drug-likeness (QED) is 0.639. The van der Waals surface area contributed by atoms with E-state index < -0.39 is 11.7 Å². The van der Waals surface area contributed by atoms with E-state index >= 15 is 0 Å². The Labute approximate surface area is 175 Å². The van der Waals surface area contributed by atoms with Crippen LogP contribution >= 0.6 is 11.3 Å². The first-order valence-electron chi connectivity index (χ1n) is 9.50. The Hall–Kier alpha value is -2.82. The summed E-state index contributed by atoms with van der Waals surface area (Å²) in [6.45, 7) is 2.11. The molecule has 2 aliphatic rings. The average molecular weight is 430 g/mol. The zero-order valence-corrected chi connectivity index (χ0v) is 16.9. The van der Waals surface area contributed by atoms with E-state index in [1.54, 1.807) is 13.0 Å². The molecular formula is C20H19FN4O4S. The van der Waals surface area contributed by atoms with Crippen molar-refractivity contribution < 1.29 is 23.4 Å². The number of hydrogen-bond acceptors (Lipinski definition) is 8. The molecule has 10 heteroatoms. The molecule has 3 heterocycles. The summed E-state index contributed by atoms with van der Waals surface area (Å²) in [5.74, 6) is -0.0531. The fourth-order valence-corrected chi connectivity index (χ4v) is 4.99. The van der Waals surface area contributed by atoms with Gasteiger partial charge in [0.1, 0.15) is 41.4 Å². The number of carbonyl (C=O) groups excluding carboxylic acids is 1. The Morgan fingerprint density at radius 1 is 1.30 bits per heavy atom. The summed E-state index contributed by atoms with van der Waals surface area (Å²) < 4.78 is 31.1. The minimum absolute atomic E-state index is 0.0159. The van der Waals surface area contributed by atoms with E-state index in [0.717, 1.165) is 0 Å². The molecule has 1 unspecified atom stereocenters. The van der Waals surface area contributed by atoms with Gasteiger partial charge in [0.05, 0.1) is 28.2 Å². The van der Waals surface area contributed by atoms with Gasteiger partial charge in [-0.2, -0.15) is 0 Å². The summed E-state index contributed by atoms with van der Waals surface area (Å²) in [5.41, 5.74) is 6.73. The van der Waals surface area contributed by atoms with E-state index in [4.69, 9.17) is 19.9 Å². The van der Waals surface area contributed by atoms with Crippen molar-refractivity contribution in [3.8, 4) is 5.75 Å². The van der Waals surface area contributed by atoms with Gasteiger partial charge in [-0.25, -0.2) is 14.4 Å². The number of thiophene rings is 1. The molecule has 1 saturated carbocycles. The SMILES string of the molecule is Cc1c(C(N)=O)sc2ncnc(Nc3ccc(F)cc3OC3C[C@@H]4OCO[C@@H]4C3)c12. The summed E-state index contributed by atoms with van der Waals surface area (Å²) in [6, 6.07) is 4.28. The van der Waals surface area contributed by atoms with Crippen molar-refractivity contribution in [2.75, 3.05) is 12.1 Å². The van der Waals surface area contributed by atoms with Crippen LogP contribution < -0.4 is 15.8 Å². The first-order valence-corrected chi connectivity index (χ1v) is 10.3. The maximum Gasteiger partial charge on any atom is 0.259 e. The molecule has 0 bridgehead atoms. The first-order chi connectivity index (χ1) is 14.5. The highest BCUT2D eigenvalue weighted by Crippen LogP contribution is 2.38. The average Bonchev–Trinajstić information content (AvgIpc) is 3.38. The van der Waals surface area contributed by atoms with Crippen LogP contribution in [0.1, 0.15) is 28.1 Å².